The number of nitrogens with two attached hydrogens (primary N) is 1. The Balaban J connectivity index is 2.08. The summed E-state index contributed by atoms with van der Waals surface area (Å²) in [5.41, 5.74) is 8.19. The van der Waals surface area contributed by atoms with Crippen LogP contribution in [-0.2, 0) is 0 Å². The lowest BCUT2D eigenvalue weighted by atomic mass is 10.2. The van der Waals surface area contributed by atoms with Crippen molar-refractivity contribution in [1.29, 1.82) is 0 Å². The van der Waals surface area contributed by atoms with Crippen LogP contribution < -0.4 is 16.0 Å². The largest absolute Gasteiger partial charge is 0.397 e. The molecule has 0 unspecified atom stereocenters. The van der Waals surface area contributed by atoms with E-state index in [-0.39, 0.29) is 5.91 Å². The van der Waals surface area contributed by atoms with Gasteiger partial charge in [0.1, 0.15) is 4.88 Å². The minimum absolute atomic E-state index is 0.159. The van der Waals surface area contributed by atoms with Crippen molar-refractivity contribution < 1.29 is 4.79 Å². The summed E-state index contributed by atoms with van der Waals surface area (Å²) in [7, 11) is 0. The van der Waals surface area contributed by atoms with Crippen molar-refractivity contribution in [1.82, 2.24) is 0 Å². The fraction of sp³-hybridized carbons (Fsp3) is 0.267. The fourth-order valence-corrected chi connectivity index (χ4v) is 2.75. The summed E-state index contributed by atoms with van der Waals surface area (Å²) < 4.78 is 0. The zero-order valence-corrected chi connectivity index (χ0v) is 12.5. The molecule has 20 heavy (non-hydrogen) atoms. The van der Waals surface area contributed by atoms with Crippen LogP contribution in [0.1, 0.15) is 23.5 Å². The highest BCUT2D eigenvalue weighted by Crippen LogP contribution is 2.22. The Morgan fingerprint density at radius 1 is 1.20 bits per heavy atom. The Hall–Kier alpha value is -2.01. The van der Waals surface area contributed by atoms with Crippen molar-refractivity contribution in [3.63, 3.8) is 0 Å². The smallest absolute Gasteiger partial charge is 0.267 e. The van der Waals surface area contributed by atoms with Crippen LogP contribution in [0.25, 0.3) is 0 Å². The highest BCUT2D eigenvalue weighted by molar-refractivity contribution is 7.12. The van der Waals surface area contributed by atoms with Crippen molar-refractivity contribution in [2.75, 3.05) is 29.0 Å². The van der Waals surface area contributed by atoms with E-state index in [1.54, 1.807) is 6.07 Å². The molecule has 0 fully saturated rings. The molecule has 0 aliphatic heterocycles. The molecular weight excluding hydrogens is 270 g/mol. The van der Waals surface area contributed by atoms with E-state index >= 15 is 0 Å². The molecule has 3 N–H and O–H groups in total. The second-order valence-corrected chi connectivity index (χ2v) is 5.29. The molecule has 4 nitrogen and oxygen atoms in total. The van der Waals surface area contributed by atoms with Gasteiger partial charge >= 0.3 is 0 Å². The number of nitrogen functional groups attached to an aromatic ring is 1. The van der Waals surface area contributed by atoms with Crippen LogP contribution in [0, 0.1) is 0 Å². The topological polar surface area (TPSA) is 58.4 Å². The molecule has 1 aromatic carbocycles. The highest BCUT2D eigenvalue weighted by Gasteiger charge is 2.11. The number of benzene rings is 1. The van der Waals surface area contributed by atoms with Crippen molar-refractivity contribution in [3.8, 4) is 0 Å². The lowest BCUT2D eigenvalue weighted by Gasteiger charge is -2.21. The third kappa shape index (κ3) is 3.11. The molecule has 0 aliphatic carbocycles. The molecule has 2 aromatic rings. The van der Waals surface area contributed by atoms with E-state index < -0.39 is 0 Å². The second-order valence-electron chi connectivity index (χ2n) is 4.38. The average Bonchev–Trinajstić information content (AvgIpc) is 2.88. The molecule has 1 heterocycles. The zero-order valence-electron chi connectivity index (χ0n) is 11.7. The van der Waals surface area contributed by atoms with Crippen molar-refractivity contribution >= 4 is 34.3 Å². The number of hydrogen-bond acceptors (Lipinski definition) is 4. The molecule has 0 bridgehead atoms. The van der Waals surface area contributed by atoms with Gasteiger partial charge < -0.3 is 16.0 Å². The summed E-state index contributed by atoms with van der Waals surface area (Å²) in [4.78, 5) is 14.8. The lowest BCUT2D eigenvalue weighted by Crippen LogP contribution is -2.21. The van der Waals surface area contributed by atoms with Gasteiger partial charge in [0.2, 0.25) is 0 Å². The second kappa shape index (κ2) is 6.43. The SMILES string of the molecule is CCN(CC)c1ccc(NC(=O)c2sccc2N)cc1. The summed E-state index contributed by atoms with van der Waals surface area (Å²) in [6, 6.07) is 9.59. The summed E-state index contributed by atoms with van der Waals surface area (Å²) in [6.07, 6.45) is 0. The summed E-state index contributed by atoms with van der Waals surface area (Å²) in [6.45, 7) is 6.18. The summed E-state index contributed by atoms with van der Waals surface area (Å²) in [5, 5.41) is 4.67. The van der Waals surface area contributed by atoms with Gasteiger partial charge in [0, 0.05) is 24.5 Å². The van der Waals surface area contributed by atoms with Gasteiger partial charge in [-0.1, -0.05) is 0 Å². The highest BCUT2D eigenvalue weighted by atomic mass is 32.1. The van der Waals surface area contributed by atoms with E-state index in [2.05, 4.69) is 24.1 Å². The first-order valence-electron chi connectivity index (χ1n) is 6.65. The quantitative estimate of drug-likeness (QED) is 0.886. The summed E-state index contributed by atoms with van der Waals surface area (Å²) >= 11 is 1.35. The Morgan fingerprint density at radius 2 is 1.85 bits per heavy atom. The molecule has 1 aromatic heterocycles. The number of amides is 1. The number of nitrogens with zero attached hydrogens (tertiary/aromatic N) is 1. The van der Waals surface area contributed by atoms with Gasteiger partial charge in [-0.25, -0.2) is 0 Å². The predicted octanol–water partition coefficient (Wildman–Crippen LogP) is 3.43. The molecule has 106 valence electrons. The van der Waals surface area contributed by atoms with E-state index in [4.69, 9.17) is 5.73 Å². The maximum absolute atomic E-state index is 12.0. The maximum Gasteiger partial charge on any atom is 0.267 e. The normalized spacial score (nSPS) is 10.3. The van der Waals surface area contributed by atoms with Crippen LogP contribution in [0.3, 0.4) is 0 Å². The van der Waals surface area contributed by atoms with E-state index in [0.717, 1.165) is 24.5 Å². The zero-order chi connectivity index (χ0) is 14.5. The van der Waals surface area contributed by atoms with Gasteiger partial charge in [-0.3, -0.25) is 4.79 Å². The molecule has 5 heteroatoms. The number of carbonyl (C=O) groups is 1. The van der Waals surface area contributed by atoms with E-state index in [1.165, 1.54) is 11.3 Å². The van der Waals surface area contributed by atoms with Crippen molar-refractivity contribution in [3.05, 3.63) is 40.6 Å². The Labute approximate surface area is 123 Å². The Kier molecular flexibility index (Phi) is 4.63. The number of hydrogen-bond donors (Lipinski definition) is 2. The van der Waals surface area contributed by atoms with Gasteiger partial charge in [0.25, 0.3) is 5.91 Å². The van der Waals surface area contributed by atoms with Gasteiger partial charge in [-0.15, -0.1) is 11.3 Å². The van der Waals surface area contributed by atoms with E-state index in [0.29, 0.717) is 10.6 Å². The number of rotatable bonds is 5. The van der Waals surface area contributed by atoms with Crippen LogP contribution in [0.4, 0.5) is 17.1 Å². The first-order valence-corrected chi connectivity index (χ1v) is 7.53. The number of anilines is 3. The standard InChI is InChI=1S/C15H19N3OS/c1-3-18(4-2)12-7-5-11(6-8-12)17-15(19)14-13(16)9-10-20-14/h5-10H,3-4,16H2,1-2H3,(H,17,19). The number of carbonyl (C=O) groups excluding carboxylic acids is 1. The molecule has 0 saturated heterocycles. The summed E-state index contributed by atoms with van der Waals surface area (Å²) in [5.74, 6) is -0.159. The van der Waals surface area contributed by atoms with Crippen LogP contribution in [0.2, 0.25) is 0 Å². The molecule has 0 aliphatic rings. The van der Waals surface area contributed by atoms with E-state index in [1.807, 2.05) is 29.6 Å². The monoisotopic (exact) mass is 289 g/mol. The lowest BCUT2D eigenvalue weighted by molar-refractivity contribution is 0.103. The minimum atomic E-state index is -0.159. The Bertz CT molecular complexity index is 573. The molecular formula is C15H19N3OS. The minimum Gasteiger partial charge on any atom is -0.397 e. The molecule has 2 rings (SSSR count). The molecule has 0 spiro atoms. The molecule has 1 amide bonds. The molecule has 0 saturated carbocycles. The third-order valence-electron chi connectivity index (χ3n) is 3.16. The Morgan fingerprint density at radius 3 is 2.35 bits per heavy atom. The van der Waals surface area contributed by atoms with E-state index in [9.17, 15) is 4.79 Å². The van der Waals surface area contributed by atoms with Crippen LogP contribution in [0.5, 0.6) is 0 Å². The van der Waals surface area contributed by atoms with Gasteiger partial charge in [0.05, 0.1) is 5.69 Å². The molecule has 0 radical (unpaired) electrons. The number of thiophene rings is 1. The average molecular weight is 289 g/mol. The van der Waals surface area contributed by atoms with Gasteiger partial charge in [-0.05, 0) is 49.6 Å². The first-order chi connectivity index (χ1) is 9.65. The van der Waals surface area contributed by atoms with Gasteiger partial charge in [-0.2, -0.15) is 0 Å². The van der Waals surface area contributed by atoms with Crippen LogP contribution in [-0.4, -0.2) is 19.0 Å². The number of nitrogens with one attached hydrogen (secondary N) is 1. The fourth-order valence-electron chi connectivity index (χ4n) is 2.04. The van der Waals surface area contributed by atoms with Gasteiger partial charge in [0.15, 0.2) is 0 Å². The van der Waals surface area contributed by atoms with Crippen molar-refractivity contribution in [2.24, 2.45) is 0 Å². The predicted molar refractivity (Wildman–Crippen MR) is 86.7 cm³/mol. The third-order valence-corrected chi connectivity index (χ3v) is 4.08. The van der Waals surface area contributed by atoms with Crippen LogP contribution >= 0.6 is 11.3 Å². The maximum atomic E-state index is 12.0. The van der Waals surface area contributed by atoms with Crippen LogP contribution in [0.15, 0.2) is 35.7 Å². The first kappa shape index (κ1) is 14.4. The van der Waals surface area contributed by atoms with Crippen molar-refractivity contribution in [2.45, 2.75) is 13.8 Å². The molecule has 0 atom stereocenters.